The number of aryl methyl sites for hydroxylation is 1. The van der Waals surface area contributed by atoms with Gasteiger partial charge >= 0.3 is 0 Å². The van der Waals surface area contributed by atoms with Gasteiger partial charge in [0, 0.05) is 0 Å². The quantitative estimate of drug-likeness (QED) is 0.836. The van der Waals surface area contributed by atoms with E-state index in [0.717, 1.165) is 25.2 Å². The third-order valence-corrected chi connectivity index (χ3v) is 5.59. The lowest BCUT2D eigenvalue weighted by Gasteiger charge is -2.31. The first-order valence-electron chi connectivity index (χ1n) is 6.81. The zero-order valence-corrected chi connectivity index (χ0v) is 12.5. The van der Waals surface area contributed by atoms with Gasteiger partial charge in [-0.2, -0.15) is 9.57 Å². The maximum Gasteiger partial charge on any atom is 0.243 e. The Morgan fingerprint density at radius 2 is 1.85 bits per heavy atom. The van der Waals surface area contributed by atoms with E-state index in [-0.39, 0.29) is 0 Å². The first-order chi connectivity index (χ1) is 9.54. The van der Waals surface area contributed by atoms with Crippen molar-refractivity contribution in [3.8, 4) is 6.07 Å². The summed E-state index contributed by atoms with van der Waals surface area (Å²) in [6.45, 7) is 5.33. The van der Waals surface area contributed by atoms with E-state index in [1.807, 2.05) is 19.1 Å². The van der Waals surface area contributed by atoms with Crippen molar-refractivity contribution in [3.63, 3.8) is 0 Å². The highest BCUT2D eigenvalue weighted by molar-refractivity contribution is 7.89. The molecule has 0 radical (unpaired) electrons. The smallest absolute Gasteiger partial charge is 0.243 e. The van der Waals surface area contributed by atoms with Crippen LogP contribution in [0.2, 0.25) is 0 Å². The Morgan fingerprint density at radius 1 is 1.25 bits per heavy atom. The number of benzene rings is 1. The van der Waals surface area contributed by atoms with E-state index in [2.05, 4.69) is 6.07 Å². The molecule has 20 heavy (non-hydrogen) atoms. The van der Waals surface area contributed by atoms with E-state index < -0.39 is 10.0 Å². The number of sulfonamides is 1. The Balaban J connectivity index is 2.02. The maximum atomic E-state index is 12.5. The van der Waals surface area contributed by atoms with Crippen molar-refractivity contribution in [2.75, 3.05) is 32.7 Å². The van der Waals surface area contributed by atoms with E-state index >= 15 is 0 Å². The predicted molar refractivity (Wildman–Crippen MR) is 75.7 cm³/mol. The van der Waals surface area contributed by atoms with Gasteiger partial charge in [-0.05, 0) is 19.1 Å². The van der Waals surface area contributed by atoms with Crippen molar-refractivity contribution in [1.29, 1.82) is 5.26 Å². The summed E-state index contributed by atoms with van der Waals surface area (Å²) in [6, 6.07) is 9.11. The minimum absolute atomic E-state index is 0.364. The Hall–Kier alpha value is -1.42. The van der Waals surface area contributed by atoms with Gasteiger partial charge in [-0.25, -0.2) is 8.42 Å². The number of hydrogen-bond donors (Lipinski definition) is 1. The molecule has 2 rings (SSSR count). The summed E-state index contributed by atoms with van der Waals surface area (Å²) in [5.41, 5.74) is 1.05. The van der Waals surface area contributed by atoms with Crippen LogP contribution < -0.4 is 4.90 Å². The summed E-state index contributed by atoms with van der Waals surface area (Å²) in [5, 5.41) is 8.58. The minimum atomic E-state index is -3.37. The highest BCUT2D eigenvalue weighted by Gasteiger charge is 2.29. The molecule has 0 bridgehead atoms. The van der Waals surface area contributed by atoms with Crippen LogP contribution >= 0.6 is 0 Å². The fourth-order valence-electron chi connectivity index (χ4n) is 2.38. The summed E-state index contributed by atoms with van der Waals surface area (Å²) in [7, 11) is -3.37. The van der Waals surface area contributed by atoms with Gasteiger partial charge in [0.1, 0.15) is 0 Å². The number of hydrogen-bond acceptors (Lipinski definition) is 3. The summed E-state index contributed by atoms with van der Waals surface area (Å²) in [5.74, 6) is 0. The van der Waals surface area contributed by atoms with Crippen LogP contribution in [0.3, 0.4) is 0 Å². The molecule has 0 spiro atoms. The summed E-state index contributed by atoms with van der Waals surface area (Å²) in [6.07, 6.45) is 0.528. The van der Waals surface area contributed by atoms with Crippen LogP contribution in [0.15, 0.2) is 29.2 Å². The van der Waals surface area contributed by atoms with Gasteiger partial charge in [-0.1, -0.05) is 17.7 Å². The Morgan fingerprint density at radius 3 is 2.40 bits per heavy atom. The minimum Gasteiger partial charge on any atom is -0.332 e. The van der Waals surface area contributed by atoms with E-state index in [1.165, 1.54) is 4.90 Å². The second kappa shape index (κ2) is 6.35. The van der Waals surface area contributed by atoms with E-state index in [0.29, 0.717) is 24.4 Å². The van der Waals surface area contributed by atoms with Gasteiger partial charge in [0.15, 0.2) is 0 Å². The normalized spacial score (nSPS) is 17.8. The number of piperazine rings is 1. The fourth-order valence-corrected chi connectivity index (χ4v) is 3.83. The Kier molecular flexibility index (Phi) is 4.76. The molecule has 6 heteroatoms. The average molecular weight is 294 g/mol. The van der Waals surface area contributed by atoms with Crippen LogP contribution in [0.25, 0.3) is 0 Å². The molecular formula is C14H20N3O2S+. The van der Waals surface area contributed by atoms with Gasteiger partial charge < -0.3 is 4.90 Å². The first-order valence-corrected chi connectivity index (χ1v) is 8.25. The highest BCUT2D eigenvalue weighted by Crippen LogP contribution is 2.16. The number of quaternary nitrogens is 1. The molecular weight excluding hydrogens is 274 g/mol. The lowest BCUT2D eigenvalue weighted by atomic mass is 10.2. The van der Waals surface area contributed by atoms with Crippen molar-refractivity contribution in [2.45, 2.75) is 18.2 Å². The van der Waals surface area contributed by atoms with Crippen LogP contribution in [0.1, 0.15) is 12.0 Å². The lowest BCUT2D eigenvalue weighted by molar-refractivity contribution is -0.903. The highest BCUT2D eigenvalue weighted by atomic mass is 32.2. The molecule has 1 aliphatic rings. The molecule has 1 saturated heterocycles. The summed E-state index contributed by atoms with van der Waals surface area (Å²) < 4.78 is 26.5. The summed E-state index contributed by atoms with van der Waals surface area (Å²) in [4.78, 5) is 1.67. The van der Waals surface area contributed by atoms with Crippen LogP contribution in [0, 0.1) is 18.3 Å². The monoisotopic (exact) mass is 294 g/mol. The van der Waals surface area contributed by atoms with E-state index in [9.17, 15) is 8.42 Å². The second-order valence-electron chi connectivity index (χ2n) is 5.13. The van der Waals surface area contributed by atoms with E-state index in [1.54, 1.807) is 16.4 Å². The molecule has 1 aromatic rings. The van der Waals surface area contributed by atoms with Gasteiger partial charge in [0.2, 0.25) is 10.0 Å². The molecule has 0 atom stereocenters. The standard InChI is InChI=1S/C14H19N3O2S/c1-13-3-5-14(6-4-13)20(18,19)17-11-9-16(10-12-17)8-2-7-15/h3-6H,2,8-12H2,1H3/p+1. The third-order valence-electron chi connectivity index (χ3n) is 3.68. The van der Waals surface area contributed by atoms with Crippen LogP contribution in [0.4, 0.5) is 0 Å². The third kappa shape index (κ3) is 3.37. The number of nitrogens with one attached hydrogen (secondary N) is 1. The molecule has 1 fully saturated rings. The molecule has 0 unspecified atom stereocenters. The molecule has 0 aromatic heterocycles. The van der Waals surface area contributed by atoms with Crippen molar-refractivity contribution >= 4 is 10.0 Å². The van der Waals surface area contributed by atoms with Gasteiger partial charge in [-0.3, -0.25) is 0 Å². The van der Waals surface area contributed by atoms with Crippen molar-refractivity contribution < 1.29 is 13.3 Å². The van der Waals surface area contributed by atoms with Crippen molar-refractivity contribution in [2.24, 2.45) is 0 Å². The van der Waals surface area contributed by atoms with Gasteiger partial charge in [-0.15, -0.1) is 0 Å². The fraction of sp³-hybridized carbons (Fsp3) is 0.500. The lowest BCUT2D eigenvalue weighted by Crippen LogP contribution is -3.14. The van der Waals surface area contributed by atoms with Crippen LogP contribution in [-0.2, 0) is 10.0 Å². The molecule has 0 saturated carbocycles. The van der Waals surface area contributed by atoms with Crippen LogP contribution in [-0.4, -0.2) is 45.4 Å². The second-order valence-corrected chi connectivity index (χ2v) is 7.06. The molecule has 1 aliphatic heterocycles. The molecule has 1 aromatic carbocycles. The van der Waals surface area contributed by atoms with Crippen molar-refractivity contribution in [1.82, 2.24) is 4.31 Å². The van der Waals surface area contributed by atoms with Crippen LogP contribution in [0.5, 0.6) is 0 Å². The number of nitriles is 1. The molecule has 108 valence electrons. The summed E-state index contributed by atoms with van der Waals surface area (Å²) >= 11 is 0. The van der Waals surface area contributed by atoms with Gasteiger partial charge in [0.05, 0.1) is 50.1 Å². The molecule has 0 amide bonds. The SMILES string of the molecule is Cc1ccc(S(=O)(=O)N2CC[NH+](CCC#N)CC2)cc1. The largest absolute Gasteiger partial charge is 0.332 e. The van der Waals surface area contributed by atoms with E-state index in [4.69, 9.17) is 5.26 Å². The zero-order valence-electron chi connectivity index (χ0n) is 11.7. The Bertz CT molecular complexity index is 582. The number of nitrogens with zero attached hydrogens (tertiary/aromatic N) is 2. The van der Waals surface area contributed by atoms with Crippen molar-refractivity contribution in [3.05, 3.63) is 29.8 Å². The maximum absolute atomic E-state index is 12.5. The molecule has 1 N–H and O–H groups in total. The Labute approximate surface area is 120 Å². The zero-order chi connectivity index (χ0) is 14.6. The number of rotatable bonds is 4. The molecule has 0 aliphatic carbocycles. The average Bonchev–Trinajstić information content (AvgIpc) is 2.46. The predicted octanol–water partition coefficient (Wildman–Crippen LogP) is -0.202. The topological polar surface area (TPSA) is 65.6 Å². The molecule has 1 heterocycles. The molecule has 5 nitrogen and oxygen atoms in total. The van der Waals surface area contributed by atoms with Gasteiger partial charge in [0.25, 0.3) is 0 Å². The first kappa shape index (κ1) is 15.0.